The predicted molar refractivity (Wildman–Crippen MR) is 128 cm³/mol. The lowest BCUT2D eigenvalue weighted by Crippen LogP contribution is -2.34. The molecular formula is C22H20ClN3O3S2. The number of aryl methyl sites for hydroxylation is 1. The van der Waals surface area contributed by atoms with E-state index < -0.39 is 10.0 Å². The highest BCUT2D eigenvalue weighted by Crippen LogP contribution is 2.18. The lowest BCUT2D eigenvalue weighted by Gasteiger charge is -2.11. The van der Waals surface area contributed by atoms with Crippen LogP contribution in [0.1, 0.15) is 12.0 Å². The molecule has 31 heavy (non-hydrogen) atoms. The summed E-state index contributed by atoms with van der Waals surface area (Å²) in [7, 11) is -3.71. The van der Waals surface area contributed by atoms with Crippen molar-refractivity contribution >= 4 is 56.2 Å². The van der Waals surface area contributed by atoms with Crippen LogP contribution in [-0.2, 0) is 21.2 Å². The van der Waals surface area contributed by atoms with Crippen LogP contribution in [-0.4, -0.2) is 19.4 Å². The average Bonchev–Trinajstić information content (AvgIpc) is 2.74. The molecule has 0 aliphatic carbocycles. The summed E-state index contributed by atoms with van der Waals surface area (Å²) in [5.74, 6) is -0.247. The van der Waals surface area contributed by atoms with Crippen LogP contribution in [0.25, 0.3) is 0 Å². The van der Waals surface area contributed by atoms with Gasteiger partial charge in [0.15, 0.2) is 5.11 Å². The normalized spacial score (nSPS) is 10.9. The van der Waals surface area contributed by atoms with Gasteiger partial charge in [0, 0.05) is 22.8 Å². The molecule has 9 heteroatoms. The van der Waals surface area contributed by atoms with E-state index in [0.29, 0.717) is 22.8 Å². The number of nitrogens with one attached hydrogen (secondary N) is 3. The monoisotopic (exact) mass is 473 g/mol. The van der Waals surface area contributed by atoms with E-state index in [1.165, 1.54) is 12.1 Å². The van der Waals surface area contributed by atoms with Gasteiger partial charge in [-0.2, -0.15) is 0 Å². The molecule has 0 atom stereocenters. The Labute approximate surface area is 191 Å². The van der Waals surface area contributed by atoms with Crippen LogP contribution in [0.5, 0.6) is 0 Å². The molecular weight excluding hydrogens is 454 g/mol. The molecule has 3 aromatic carbocycles. The third-order valence-electron chi connectivity index (χ3n) is 4.28. The second-order valence-electron chi connectivity index (χ2n) is 6.59. The SMILES string of the molecule is O=C(CCc1ccccc1Cl)NC(=S)Nc1ccc(S(=O)(=O)Nc2ccccc2)cc1. The van der Waals surface area contributed by atoms with Gasteiger partial charge in [0.25, 0.3) is 10.0 Å². The second kappa shape index (κ2) is 10.4. The number of thiocarbonyl (C=S) groups is 1. The Bertz CT molecular complexity index is 1170. The van der Waals surface area contributed by atoms with Crippen molar-refractivity contribution in [1.29, 1.82) is 0 Å². The van der Waals surface area contributed by atoms with Crippen LogP contribution < -0.4 is 15.4 Å². The number of amides is 1. The Kier molecular flexibility index (Phi) is 7.62. The van der Waals surface area contributed by atoms with Gasteiger partial charge in [-0.3, -0.25) is 9.52 Å². The molecule has 3 N–H and O–H groups in total. The number of rotatable bonds is 7. The zero-order chi connectivity index (χ0) is 22.3. The van der Waals surface area contributed by atoms with Gasteiger partial charge in [-0.1, -0.05) is 48.0 Å². The first-order valence-corrected chi connectivity index (χ1v) is 11.6. The van der Waals surface area contributed by atoms with Crippen molar-refractivity contribution < 1.29 is 13.2 Å². The third-order valence-corrected chi connectivity index (χ3v) is 6.25. The molecule has 6 nitrogen and oxygen atoms in total. The highest BCUT2D eigenvalue weighted by Gasteiger charge is 2.14. The largest absolute Gasteiger partial charge is 0.332 e. The van der Waals surface area contributed by atoms with Gasteiger partial charge in [0.05, 0.1) is 4.90 Å². The first-order chi connectivity index (χ1) is 14.8. The van der Waals surface area contributed by atoms with Crippen molar-refractivity contribution in [3.05, 3.63) is 89.4 Å². The van der Waals surface area contributed by atoms with E-state index in [1.807, 2.05) is 18.2 Å². The number of anilines is 2. The molecule has 0 saturated heterocycles. The average molecular weight is 474 g/mol. The van der Waals surface area contributed by atoms with E-state index in [4.69, 9.17) is 23.8 Å². The van der Waals surface area contributed by atoms with Gasteiger partial charge < -0.3 is 10.6 Å². The van der Waals surface area contributed by atoms with E-state index >= 15 is 0 Å². The van der Waals surface area contributed by atoms with Crippen LogP contribution in [0.15, 0.2) is 83.8 Å². The quantitative estimate of drug-likeness (QED) is 0.437. The fourth-order valence-electron chi connectivity index (χ4n) is 2.74. The number of carbonyl (C=O) groups is 1. The Hall–Kier alpha value is -2.94. The van der Waals surface area contributed by atoms with Crippen molar-refractivity contribution in [3.8, 4) is 0 Å². The molecule has 0 heterocycles. The van der Waals surface area contributed by atoms with Crippen LogP contribution >= 0.6 is 23.8 Å². The number of para-hydroxylation sites is 1. The summed E-state index contributed by atoms with van der Waals surface area (Å²) in [6.07, 6.45) is 0.725. The van der Waals surface area contributed by atoms with Crippen LogP contribution in [0.3, 0.4) is 0 Å². The Morgan fingerprint density at radius 2 is 1.52 bits per heavy atom. The summed E-state index contributed by atoms with van der Waals surface area (Å²) >= 11 is 11.3. The van der Waals surface area contributed by atoms with Gasteiger partial charge >= 0.3 is 0 Å². The molecule has 0 bridgehead atoms. The van der Waals surface area contributed by atoms with Crippen LogP contribution in [0.2, 0.25) is 5.02 Å². The molecule has 0 aliphatic rings. The minimum Gasteiger partial charge on any atom is -0.332 e. The molecule has 1 amide bonds. The summed E-state index contributed by atoms with van der Waals surface area (Å²) in [6.45, 7) is 0. The van der Waals surface area contributed by atoms with E-state index in [-0.39, 0.29) is 22.3 Å². The van der Waals surface area contributed by atoms with Gasteiger partial charge in [-0.15, -0.1) is 0 Å². The van der Waals surface area contributed by atoms with E-state index in [9.17, 15) is 13.2 Å². The van der Waals surface area contributed by atoms with Gasteiger partial charge in [0.1, 0.15) is 0 Å². The fraction of sp³-hybridized carbons (Fsp3) is 0.0909. The van der Waals surface area contributed by atoms with Crippen LogP contribution in [0.4, 0.5) is 11.4 Å². The smallest absolute Gasteiger partial charge is 0.261 e. The molecule has 0 unspecified atom stereocenters. The number of carbonyl (C=O) groups excluding carboxylic acids is 1. The first-order valence-electron chi connectivity index (χ1n) is 9.36. The number of hydrogen-bond acceptors (Lipinski definition) is 4. The maximum absolute atomic E-state index is 12.5. The minimum atomic E-state index is -3.71. The Balaban J connectivity index is 1.52. The van der Waals surface area contributed by atoms with Crippen molar-refractivity contribution in [2.45, 2.75) is 17.7 Å². The predicted octanol–water partition coefficient (Wildman–Crippen LogP) is 4.59. The standard InChI is InChI=1S/C22H20ClN3O3S2/c23-20-9-5-4-6-16(20)10-15-21(27)25-22(30)24-17-11-13-19(14-12-17)31(28,29)26-18-7-2-1-3-8-18/h1-9,11-14,26H,10,15H2,(H2,24,25,27,30). The zero-order valence-corrected chi connectivity index (χ0v) is 18.7. The lowest BCUT2D eigenvalue weighted by molar-refractivity contribution is -0.119. The molecule has 0 saturated carbocycles. The highest BCUT2D eigenvalue weighted by atomic mass is 35.5. The van der Waals surface area contributed by atoms with Crippen LogP contribution in [0, 0.1) is 0 Å². The molecule has 160 valence electrons. The van der Waals surface area contributed by atoms with Crippen molar-refractivity contribution in [1.82, 2.24) is 5.32 Å². The van der Waals surface area contributed by atoms with Gasteiger partial charge in [0.2, 0.25) is 5.91 Å². The molecule has 0 fully saturated rings. The first kappa shape index (κ1) is 22.7. The number of sulfonamides is 1. The van der Waals surface area contributed by atoms with E-state index in [2.05, 4.69) is 15.4 Å². The molecule has 0 aromatic heterocycles. The molecule has 0 radical (unpaired) electrons. The third kappa shape index (κ3) is 6.78. The highest BCUT2D eigenvalue weighted by molar-refractivity contribution is 7.92. The van der Waals surface area contributed by atoms with Crippen molar-refractivity contribution in [2.24, 2.45) is 0 Å². The number of benzene rings is 3. The number of halogens is 1. The van der Waals surface area contributed by atoms with E-state index in [0.717, 1.165) is 5.56 Å². The summed E-state index contributed by atoms with van der Waals surface area (Å²) in [6, 6.07) is 22.0. The zero-order valence-electron chi connectivity index (χ0n) is 16.3. The topological polar surface area (TPSA) is 87.3 Å². The summed E-state index contributed by atoms with van der Waals surface area (Å²) in [5, 5.41) is 6.22. The summed E-state index contributed by atoms with van der Waals surface area (Å²) < 4.78 is 27.5. The molecule has 0 spiro atoms. The number of hydrogen-bond donors (Lipinski definition) is 3. The Morgan fingerprint density at radius 1 is 0.871 bits per heavy atom. The fourth-order valence-corrected chi connectivity index (χ4v) is 4.26. The minimum absolute atomic E-state index is 0.108. The Morgan fingerprint density at radius 3 is 2.19 bits per heavy atom. The lowest BCUT2D eigenvalue weighted by atomic mass is 10.1. The maximum Gasteiger partial charge on any atom is 0.261 e. The van der Waals surface area contributed by atoms with Crippen molar-refractivity contribution in [2.75, 3.05) is 10.0 Å². The second-order valence-corrected chi connectivity index (χ2v) is 9.09. The maximum atomic E-state index is 12.5. The van der Waals surface area contributed by atoms with Crippen molar-refractivity contribution in [3.63, 3.8) is 0 Å². The molecule has 3 rings (SSSR count). The molecule has 3 aromatic rings. The molecule has 0 aliphatic heterocycles. The summed E-state index contributed by atoms with van der Waals surface area (Å²) in [5.41, 5.74) is 1.92. The summed E-state index contributed by atoms with van der Waals surface area (Å²) in [4.78, 5) is 12.2. The van der Waals surface area contributed by atoms with E-state index in [1.54, 1.807) is 48.5 Å². The van der Waals surface area contributed by atoms with Gasteiger partial charge in [-0.25, -0.2) is 8.42 Å². The van der Waals surface area contributed by atoms with Gasteiger partial charge in [-0.05, 0) is 66.7 Å².